The van der Waals surface area contributed by atoms with E-state index in [1.807, 2.05) is 13.8 Å². The summed E-state index contributed by atoms with van der Waals surface area (Å²) in [5, 5.41) is 7.66. The van der Waals surface area contributed by atoms with Gasteiger partial charge in [-0.15, -0.1) is 10.2 Å². The van der Waals surface area contributed by atoms with Crippen LogP contribution in [0, 0.1) is 0 Å². The Balaban J connectivity index is 1.80. The molecule has 4 rings (SSSR count). The molecule has 3 aromatic rings. The SMILES string of the molecule is COc1ncnc(OC)c1-n1c(NS(=O)(=O)[C@@H](C)[C@@H](OC(C)C)c2ncc(Cl)cn2)nnc1C1CCC(C)(C)O1. The molecule has 1 N–H and O–H groups in total. The van der Waals surface area contributed by atoms with E-state index in [1.165, 1.54) is 44.4 Å². The number of aromatic nitrogens is 7. The van der Waals surface area contributed by atoms with Crippen LogP contribution in [0.2, 0.25) is 5.02 Å². The van der Waals surface area contributed by atoms with E-state index >= 15 is 0 Å². The number of ether oxygens (including phenoxy) is 4. The van der Waals surface area contributed by atoms with Crippen LogP contribution in [0.1, 0.15) is 71.3 Å². The quantitative estimate of drug-likeness (QED) is 0.343. The number of nitrogens with zero attached hydrogens (tertiary/aromatic N) is 7. The summed E-state index contributed by atoms with van der Waals surface area (Å²) in [7, 11) is -1.34. The molecule has 1 aliphatic heterocycles. The summed E-state index contributed by atoms with van der Waals surface area (Å²) in [6.07, 6.45) is 3.59. The zero-order valence-electron chi connectivity index (χ0n) is 23.3. The lowest BCUT2D eigenvalue weighted by atomic mass is 10.1. The van der Waals surface area contributed by atoms with Crippen LogP contribution >= 0.6 is 11.6 Å². The van der Waals surface area contributed by atoms with Crippen LogP contribution in [0.25, 0.3) is 5.69 Å². The molecule has 1 saturated heterocycles. The number of nitrogens with one attached hydrogen (secondary N) is 1. The maximum atomic E-state index is 13.8. The molecule has 3 atom stereocenters. The van der Waals surface area contributed by atoms with Crippen molar-refractivity contribution in [2.45, 2.75) is 76.6 Å². The zero-order valence-corrected chi connectivity index (χ0v) is 24.9. The highest BCUT2D eigenvalue weighted by molar-refractivity contribution is 7.93. The minimum atomic E-state index is -4.19. The summed E-state index contributed by atoms with van der Waals surface area (Å²) in [5.41, 5.74) is -0.195. The minimum Gasteiger partial charge on any atom is -0.479 e. The van der Waals surface area contributed by atoms with Gasteiger partial charge in [-0.3, -0.25) is 9.29 Å². The Bertz CT molecular complexity index is 1410. The molecule has 0 bridgehead atoms. The summed E-state index contributed by atoms with van der Waals surface area (Å²) >= 11 is 5.94. The van der Waals surface area contributed by atoms with Crippen molar-refractivity contribution in [3.8, 4) is 17.4 Å². The molecule has 0 spiro atoms. The standard InChI is InChI=1S/C24H33ClN8O6S/c1-13(2)38-18(19-26-10-15(25)11-27-19)14(3)40(34,35)32-23-31-30-20(16-8-9-24(4,5)39-16)33(23)17-21(36-6)28-12-29-22(17)37-7/h10-14,16,18H,8-9H2,1-7H3,(H,31,32)/t14-,16?,18+/m0/s1. The lowest BCUT2D eigenvalue weighted by Gasteiger charge is -2.25. The number of halogens is 1. The van der Waals surface area contributed by atoms with Crippen LogP contribution in [0.15, 0.2) is 18.7 Å². The Morgan fingerprint density at radius 2 is 1.70 bits per heavy atom. The fourth-order valence-electron chi connectivity index (χ4n) is 4.32. The number of anilines is 1. The van der Waals surface area contributed by atoms with Gasteiger partial charge in [0.2, 0.25) is 27.7 Å². The normalized spacial score (nSPS) is 18.5. The average molecular weight is 597 g/mol. The molecule has 0 radical (unpaired) electrons. The van der Waals surface area contributed by atoms with E-state index in [4.69, 9.17) is 30.5 Å². The molecule has 218 valence electrons. The van der Waals surface area contributed by atoms with Gasteiger partial charge in [-0.1, -0.05) is 11.6 Å². The monoisotopic (exact) mass is 596 g/mol. The molecule has 1 unspecified atom stereocenters. The molecule has 4 heterocycles. The zero-order chi connectivity index (χ0) is 29.2. The molecule has 3 aromatic heterocycles. The number of hydrogen-bond donors (Lipinski definition) is 1. The van der Waals surface area contributed by atoms with E-state index in [9.17, 15) is 8.42 Å². The predicted octanol–water partition coefficient (Wildman–Crippen LogP) is 3.44. The number of methoxy groups -OCH3 is 2. The first-order valence-electron chi connectivity index (χ1n) is 12.6. The number of sulfonamides is 1. The van der Waals surface area contributed by atoms with E-state index < -0.39 is 33.1 Å². The van der Waals surface area contributed by atoms with Crippen molar-refractivity contribution in [3.05, 3.63) is 35.4 Å². The third kappa shape index (κ3) is 6.27. The van der Waals surface area contributed by atoms with Crippen LogP contribution in [-0.2, 0) is 19.5 Å². The fraction of sp³-hybridized carbons (Fsp3) is 0.583. The van der Waals surface area contributed by atoms with Gasteiger partial charge < -0.3 is 18.9 Å². The fourth-order valence-corrected chi connectivity index (χ4v) is 5.50. The maximum Gasteiger partial charge on any atom is 0.245 e. The second-order valence-electron chi connectivity index (χ2n) is 10.1. The molecule has 1 fully saturated rings. The Kier molecular flexibility index (Phi) is 8.77. The topological polar surface area (TPSA) is 165 Å². The Labute approximate surface area is 237 Å². The van der Waals surface area contributed by atoms with Crippen molar-refractivity contribution in [2.75, 3.05) is 18.9 Å². The molecule has 0 amide bonds. The summed E-state index contributed by atoms with van der Waals surface area (Å²) in [6.45, 7) is 9.01. The second-order valence-corrected chi connectivity index (χ2v) is 12.6. The summed E-state index contributed by atoms with van der Waals surface area (Å²) < 4.78 is 54.8. The van der Waals surface area contributed by atoms with Crippen LogP contribution < -0.4 is 14.2 Å². The van der Waals surface area contributed by atoms with Gasteiger partial charge >= 0.3 is 0 Å². The number of hydrogen-bond acceptors (Lipinski definition) is 12. The largest absolute Gasteiger partial charge is 0.479 e. The van der Waals surface area contributed by atoms with E-state index in [-0.39, 0.29) is 35.3 Å². The lowest BCUT2D eigenvalue weighted by Crippen LogP contribution is -2.35. The molecule has 0 aromatic carbocycles. The van der Waals surface area contributed by atoms with Crippen molar-refractivity contribution < 1.29 is 27.4 Å². The highest BCUT2D eigenvalue weighted by Crippen LogP contribution is 2.42. The highest BCUT2D eigenvalue weighted by atomic mass is 35.5. The van der Waals surface area contributed by atoms with Crippen molar-refractivity contribution >= 4 is 27.6 Å². The third-order valence-electron chi connectivity index (χ3n) is 6.27. The smallest absolute Gasteiger partial charge is 0.245 e. The van der Waals surface area contributed by atoms with Gasteiger partial charge in [0.05, 0.1) is 30.9 Å². The van der Waals surface area contributed by atoms with Gasteiger partial charge in [0.15, 0.2) is 17.3 Å². The molecule has 40 heavy (non-hydrogen) atoms. The first kappa shape index (κ1) is 29.8. The van der Waals surface area contributed by atoms with Crippen molar-refractivity contribution in [1.29, 1.82) is 0 Å². The Morgan fingerprint density at radius 3 is 2.23 bits per heavy atom. The molecule has 0 saturated carbocycles. The third-order valence-corrected chi connectivity index (χ3v) is 8.16. The van der Waals surface area contributed by atoms with Crippen molar-refractivity contribution in [1.82, 2.24) is 34.7 Å². The first-order chi connectivity index (χ1) is 18.9. The minimum absolute atomic E-state index is 0.120. The highest BCUT2D eigenvalue weighted by Gasteiger charge is 2.40. The molecule has 16 heteroatoms. The summed E-state index contributed by atoms with van der Waals surface area (Å²) in [4.78, 5) is 16.8. The lowest BCUT2D eigenvalue weighted by molar-refractivity contribution is -0.0207. The van der Waals surface area contributed by atoms with Gasteiger partial charge in [0.25, 0.3) is 0 Å². The van der Waals surface area contributed by atoms with Crippen LogP contribution in [0.3, 0.4) is 0 Å². The number of rotatable bonds is 11. The Hall–Kier alpha value is -3.14. The summed E-state index contributed by atoms with van der Waals surface area (Å²) in [5.74, 6) is 0.600. The molecular weight excluding hydrogens is 564 g/mol. The van der Waals surface area contributed by atoms with Gasteiger partial charge in [0.1, 0.15) is 23.8 Å². The molecule has 0 aliphatic carbocycles. The second kappa shape index (κ2) is 11.8. The van der Waals surface area contributed by atoms with Crippen LogP contribution in [0.4, 0.5) is 5.95 Å². The van der Waals surface area contributed by atoms with Crippen LogP contribution in [-0.4, -0.2) is 74.3 Å². The Morgan fingerprint density at radius 1 is 1.07 bits per heavy atom. The van der Waals surface area contributed by atoms with E-state index in [0.717, 1.165) is 6.42 Å². The van der Waals surface area contributed by atoms with E-state index in [1.54, 1.807) is 13.8 Å². The average Bonchev–Trinajstić information content (AvgIpc) is 3.48. The molecule has 1 aliphatic rings. The van der Waals surface area contributed by atoms with E-state index in [0.29, 0.717) is 17.3 Å². The maximum absolute atomic E-state index is 13.8. The first-order valence-corrected chi connectivity index (χ1v) is 14.5. The van der Waals surface area contributed by atoms with E-state index in [2.05, 4.69) is 34.9 Å². The molecule has 14 nitrogen and oxygen atoms in total. The van der Waals surface area contributed by atoms with Gasteiger partial charge in [-0.25, -0.2) is 18.4 Å². The molecular formula is C24H33ClN8O6S. The van der Waals surface area contributed by atoms with Gasteiger partial charge in [-0.05, 0) is 47.5 Å². The van der Waals surface area contributed by atoms with Gasteiger partial charge in [0, 0.05) is 12.4 Å². The van der Waals surface area contributed by atoms with Crippen LogP contribution in [0.5, 0.6) is 11.8 Å². The van der Waals surface area contributed by atoms with Crippen molar-refractivity contribution in [2.24, 2.45) is 0 Å². The predicted molar refractivity (Wildman–Crippen MR) is 145 cm³/mol. The van der Waals surface area contributed by atoms with Gasteiger partial charge in [-0.2, -0.15) is 9.97 Å². The van der Waals surface area contributed by atoms with Crippen molar-refractivity contribution in [3.63, 3.8) is 0 Å². The summed E-state index contributed by atoms with van der Waals surface area (Å²) in [6, 6.07) is 0.